The first-order valence-electron chi connectivity index (χ1n) is 6.11. The summed E-state index contributed by atoms with van der Waals surface area (Å²) in [6.07, 6.45) is 1.70. The lowest BCUT2D eigenvalue weighted by Gasteiger charge is -2.16. The van der Waals surface area contributed by atoms with E-state index < -0.39 is 5.41 Å². The van der Waals surface area contributed by atoms with Crippen LogP contribution in [0.15, 0.2) is 6.20 Å². The average Bonchev–Trinajstić information content (AvgIpc) is 2.65. The van der Waals surface area contributed by atoms with Gasteiger partial charge in [-0.1, -0.05) is 20.8 Å². The summed E-state index contributed by atoms with van der Waals surface area (Å²) >= 11 is 0. The van der Waals surface area contributed by atoms with Crippen molar-refractivity contribution in [1.29, 1.82) is 0 Å². The van der Waals surface area contributed by atoms with Crippen LogP contribution in [0.3, 0.4) is 0 Å². The zero-order chi connectivity index (χ0) is 13.9. The third-order valence-electron chi connectivity index (χ3n) is 2.76. The number of hydrogen-bond donors (Lipinski definition) is 1. The molecule has 5 heteroatoms. The highest BCUT2D eigenvalue weighted by atomic mass is 16.2. The summed E-state index contributed by atoms with van der Waals surface area (Å²) in [7, 11) is 0. The van der Waals surface area contributed by atoms with Crippen molar-refractivity contribution in [2.24, 2.45) is 5.41 Å². The van der Waals surface area contributed by atoms with Crippen LogP contribution in [0.2, 0.25) is 0 Å². The van der Waals surface area contributed by atoms with E-state index in [1.165, 1.54) is 0 Å². The number of rotatable bonds is 4. The third-order valence-corrected chi connectivity index (χ3v) is 2.76. The molecule has 0 aliphatic heterocycles. The molecule has 0 aliphatic rings. The van der Waals surface area contributed by atoms with Gasteiger partial charge in [-0.2, -0.15) is 5.10 Å². The minimum Gasteiger partial charge on any atom is -0.345 e. The molecule has 0 saturated heterocycles. The van der Waals surface area contributed by atoms with Crippen molar-refractivity contribution in [1.82, 2.24) is 15.1 Å². The van der Waals surface area contributed by atoms with Crippen molar-refractivity contribution in [3.8, 4) is 0 Å². The van der Waals surface area contributed by atoms with Crippen molar-refractivity contribution < 1.29 is 9.59 Å². The Balaban J connectivity index is 2.66. The lowest BCUT2D eigenvalue weighted by atomic mass is 9.91. The fourth-order valence-corrected chi connectivity index (χ4v) is 1.42. The van der Waals surface area contributed by atoms with Crippen LogP contribution < -0.4 is 5.32 Å². The number of ketones is 1. The molecule has 1 N–H and O–H groups in total. The van der Waals surface area contributed by atoms with Crippen LogP contribution in [0.1, 0.15) is 43.7 Å². The molecule has 1 amide bonds. The standard InChI is InChI=1S/C13H21N3O2/c1-6-16-8-10(9(2)15-16)12(18)14-7-11(17)13(3,4)5/h8H,6-7H2,1-5H3,(H,14,18). The van der Waals surface area contributed by atoms with Gasteiger partial charge in [-0.25, -0.2) is 0 Å². The van der Waals surface area contributed by atoms with Crippen LogP contribution in [-0.4, -0.2) is 28.0 Å². The number of Topliss-reactive ketones (excluding diaryl/α,β-unsaturated/α-hetero) is 1. The fourth-order valence-electron chi connectivity index (χ4n) is 1.42. The predicted octanol–water partition coefficient (Wildman–Crippen LogP) is 1.56. The maximum Gasteiger partial charge on any atom is 0.255 e. The topological polar surface area (TPSA) is 64.0 Å². The Morgan fingerprint density at radius 2 is 2.00 bits per heavy atom. The predicted molar refractivity (Wildman–Crippen MR) is 69.4 cm³/mol. The first-order valence-corrected chi connectivity index (χ1v) is 6.11. The summed E-state index contributed by atoms with van der Waals surface area (Å²) in [4.78, 5) is 23.6. The molecule has 5 nitrogen and oxygen atoms in total. The molecule has 0 spiro atoms. The number of nitrogens with one attached hydrogen (secondary N) is 1. The van der Waals surface area contributed by atoms with Gasteiger partial charge in [-0.3, -0.25) is 14.3 Å². The maximum absolute atomic E-state index is 11.9. The Kier molecular flexibility index (Phi) is 4.27. The summed E-state index contributed by atoms with van der Waals surface area (Å²) in [5.74, 6) is -0.235. The van der Waals surface area contributed by atoms with Crippen molar-refractivity contribution in [3.63, 3.8) is 0 Å². The van der Waals surface area contributed by atoms with Crippen LogP contribution in [0, 0.1) is 12.3 Å². The molecular formula is C13H21N3O2. The zero-order valence-corrected chi connectivity index (χ0v) is 11.7. The molecule has 1 aromatic rings. The highest BCUT2D eigenvalue weighted by molar-refractivity contribution is 5.98. The van der Waals surface area contributed by atoms with E-state index in [0.29, 0.717) is 11.3 Å². The quantitative estimate of drug-likeness (QED) is 0.883. The Hall–Kier alpha value is -1.65. The third kappa shape index (κ3) is 3.42. The van der Waals surface area contributed by atoms with Gasteiger partial charge in [0.05, 0.1) is 17.8 Å². The summed E-state index contributed by atoms with van der Waals surface area (Å²) in [5.41, 5.74) is 0.770. The monoisotopic (exact) mass is 251 g/mol. The SMILES string of the molecule is CCn1cc(C(=O)NCC(=O)C(C)(C)C)c(C)n1. The van der Waals surface area contributed by atoms with Crippen LogP contribution >= 0.6 is 0 Å². The van der Waals surface area contributed by atoms with E-state index in [-0.39, 0.29) is 18.2 Å². The summed E-state index contributed by atoms with van der Waals surface area (Å²) in [6.45, 7) is 10.0. The van der Waals surface area contributed by atoms with Gasteiger partial charge in [0.1, 0.15) is 0 Å². The van der Waals surface area contributed by atoms with E-state index in [9.17, 15) is 9.59 Å². The van der Waals surface area contributed by atoms with Crippen molar-refractivity contribution in [2.45, 2.75) is 41.2 Å². The van der Waals surface area contributed by atoms with E-state index in [2.05, 4.69) is 10.4 Å². The van der Waals surface area contributed by atoms with E-state index in [1.54, 1.807) is 17.8 Å². The van der Waals surface area contributed by atoms with Gasteiger partial charge >= 0.3 is 0 Å². The first kappa shape index (κ1) is 14.4. The fraction of sp³-hybridized carbons (Fsp3) is 0.615. The lowest BCUT2D eigenvalue weighted by molar-refractivity contribution is -0.125. The largest absolute Gasteiger partial charge is 0.345 e. The number of nitrogens with zero attached hydrogens (tertiary/aromatic N) is 2. The van der Waals surface area contributed by atoms with Crippen molar-refractivity contribution >= 4 is 11.7 Å². The molecule has 0 aliphatic carbocycles. The van der Waals surface area contributed by atoms with Crippen LogP contribution in [0.25, 0.3) is 0 Å². The Labute approximate surface area is 108 Å². The normalized spacial score (nSPS) is 11.4. The van der Waals surface area contributed by atoms with E-state index in [4.69, 9.17) is 0 Å². The molecule has 0 atom stereocenters. The van der Waals surface area contributed by atoms with Crippen LogP contribution in [0.5, 0.6) is 0 Å². The number of carbonyl (C=O) groups is 2. The Bertz CT molecular complexity index is 455. The molecule has 18 heavy (non-hydrogen) atoms. The molecule has 1 aromatic heterocycles. The molecule has 0 radical (unpaired) electrons. The number of aromatic nitrogens is 2. The smallest absolute Gasteiger partial charge is 0.255 e. The van der Waals surface area contributed by atoms with E-state index in [1.807, 2.05) is 27.7 Å². The van der Waals surface area contributed by atoms with Gasteiger partial charge in [0.25, 0.3) is 5.91 Å². The number of carbonyl (C=O) groups excluding carboxylic acids is 2. The minimum atomic E-state index is -0.435. The van der Waals surface area contributed by atoms with Crippen LogP contribution in [-0.2, 0) is 11.3 Å². The van der Waals surface area contributed by atoms with Crippen molar-refractivity contribution in [2.75, 3.05) is 6.54 Å². The van der Waals surface area contributed by atoms with Gasteiger partial charge in [0, 0.05) is 18.2 Å². The highest BCUT2D eigenvalue weighted by Crippen LogP contribution is 2.13. The van der Waals surface area contributed by atoms with Crippen molar-refractivity contribution in [3.05, 3.63) is 17.5 Å². The molecule has 0 saturated carbocycles. The molecule has 1 heterocycles. The molecule has 0 fully saturated rings. The second-order valence-corrected chi connectivity index (χ2v) is 5.34. The molecular weight excluding hydrogens is 230 g/mol. The number of aryl methyl sites for hydroxylation is 2. The van der Waals surface area contributed by atoms with Gasteiger partial charge in [-0.15, -0.1) is 0 Å². The Morgan fingerprint density at radius 1 is 1.39 bits per heavy atom. The second-order valence-electron chi connectivity index (χ2n) is 5.34. The summed E-state index contributed by atoms with van der Waals surface area (Å²) in [6, 6.07) is 0. The van der Waals surface area contributed by atoms with E-state index in [0.717, 1.165) is 6.54 Å². The molecule has 0 bridgehead atoms. The summed E-state index contributed by atoms with van der Waals surface area (Å²) < 4.78 is 1.70. The van der Waals surface area contributed by atoms with Gasteiger partial charge < -0.3 is 5.32 Å². The maximum atomic E-state index is 11.9. The minimum absolute atomic E-state index is 0.0105. The molecule has 100 valence electrons. The van der Waals surface area contributed by atoms with Crippen LogP contribution in [0.4, 0.5) is 0 Å². The van der Waals surface area contributed by atoms with Gasteiger partial charge in [0.2, 0.25) is 0 Å². The highest BCUT2D eigenvalue weighted by Gasteiger charge is 2.22. The number of amides is 1. The second kappa shape index (κ2) is 5.33. The van der Waals surface area contributed by atoms with Gasteiger partial charge in [0.15, 0.2) is 5.78 Å². The zero-order valence-electron chi connectivity index (χ0n) is 11.7. The average molecular weight is 251 g/mol. The summed E-state index contributed by atoms with van der Waals surface area (Å²) in [5, 5.41) is 6.84. The van der Waals surface area contributed by atoms with E-state index >= 15 is 0 Å². The Morgan fingerprint density at radius 3 is 2.44 bits per heavy atom. The molecule has 0 aromatic carbocycles. The first-order chi connectivity index (χ1) is 8.25. The lowest BCUT2D eigenvalue weighted by Crippen LogP contribution is -2.35. The van der Waals surface area contributed by atoms with Gasteiger partial charge in [-0.05, 0) is 13.8 Å². The number of hydrogen-bond acceptors (Lipinski definition) is 3. The molecule has 0 unspecified atom stereocenters. The molecule has 1 rings (SSSR count).